The van der Waals surface area contributed by atoms with Gasteiger partial charge < -0.3 is 15.1 Å². The van der Waals surface area contributed by atoms with E-state index in [0.29, 0.717) is 18.0 Å². The van der Waals surface area contributed by atoms with Crippen LogP contribution in [0.4, 0.5) is 0 Å². The molecule has 1 aliphatic rings. The Balaban J connectivity index is 2.00. The van der Waals surface area contributed by atoms with Gasteiger partial charge in [0.1, 0.15) is 0 Å². The topological polar surface area (TPSA) is 59.5 Å². The molecule has 1 fully saturated rings. The van der Waals surface area contributed by atoms with Gasteiger partial charge in [-0.2, -0.15) is 0 Å². The standard InChI is InChI=1S/C11H15ClN2O2/c12-10-9(3-6-16-10)11(15)14-4-1-8(7-13)2-5-14/h3,6,8H,1-2,4-5,7,13H2. The molecule has 2 rings (SSSR count). The van der Waals surface area contributed by atoms with E-state index in [4.69, 9.17) is 21.8 Å². The summed E-state index contributed by atoms with van der Waals surface area (Å²) in [5.74, 6) is 0.498. The van der Waals surface area contributed by atoms with Crippen molar-refractivity contribution in [3.63, 3.8) is 0 Å². The highest BCUT2D eigenvalue weighted by Crippen LogP contribution is 2.22. The normalized spacial score (nSPS) is 17.8. The first-order chi connectivity index (χ1) is 7.72. The molecule has 16 heavy (non-hydrogen) atoms. The van der Waals surface area contributed by atoms with Crippen LogP contribution in [0.2, 0.25) is 5.22 Å². The first-order valence-electron chi connectivity index (χ1n) is 5.44. The van der Waals surface area contributed by atoms with Crippen LogP contribution in [0.25, 0.3) is 0 Å². The molecule has 0 atom stereocenters. The number of nitrogens with two attached hydrogens (primary N) is 1. The lowest BCUT2D eigenvalue weighted by molar-refractivity contribution is 0.0693. The zero-order chi connectivity index (χ0) is 11.5. The van der Waals surface area contributed by atoms with Crippen molar-refractivity contribution in [2.75, 3.05) is 19.6 Å². The van der Waals surface area contributed by atoms with Gasteiger partial charge in [0.05, 0.1) is 11.8 Å². The molecule has 0 aliphatic carbocycles. The molecule has 0 unspecified atom stereocenters. The van der Waals surface area contributed by atoms with Gasteiger partial charge in [-0.25, -0.2) is 0 Å². The summed E-state index contributed by atoms with van der Waals surface area (Å²) in [5.41, 5.74) is 6.06. The molecule has 0 aromatic carbocycles. The third-order valence-corrected chi connectivity index (χ3v) is 3.38. The van der Waals surface area contributed by atoms with Crippen molar-refractivity contribution < 1.29 is 9.21 Å². The van der Waals surface area contributed by atoms with E-state index in [9.17, 15) is 4.79 Å². The first-order valence-corrected chi connectivity index (χ1v) is 5.82. The number of piperidine rings is 1. The minimum atomic E-state index is -0.0470. The van der Waals surface area contributed by atoms with E-state index in [2.05, 4.69) is 0 Å². The predicted molar refractivity (Wildman–Crippen MR) is 61.4 cm³/mol. The second-order valence-corrected chi connectivity index (χ2v) is 4.42. The van der Waals surface area contributed by atoms with Gasteiger partial charge in [0.25, 0.3) is 5.91 Å². The molecule has 0 saturated carbocycles. The first kappa shape index (κ1) is 11.5. The third-order valence-electron chi connectivity index (χ3n) is 3.08. The Hall–Kier alpha value is -1.00. The monoisotopic (exact) mass is 242 g/mol. The summed E-state index contributed by atoms with van der Waals surface area (Å²) in [4.78, 5) is 13.8. The molecule has 1 aromatic rings. The summed E-state index contributed by atoms with van der Waals surface area (Å²) >= 11 is 5.78. The van der Waals surface area contributed by atoms with E-state index in [1.54, 1.807) is 6.07 Å². The maximum Gasteiger partial charge on any atom is 0.258 e. The number of carbonyl (C=O) groups excluding carboxylic acids is 1. The molecular formula is C11H15ClN2O2. The highest BCUT2D eigenvalue weighted by Gasteiger charge is 2.25. The number of rotatable bonds is 2. The second-order valence-electron chi connectivity index (χ2n) is 4.08. The van der Waals surface area contributed by atoms with E-state index in [0.717, 1.165) is 25.9 Å². The predicted octanol–water partition coefficient (Wildman–Crippen LogP) is 1.74. The van der Waals surface area contributed by atoms with Crippen LogP contribution in [0.15, 0.2) is 16.7 Å². The van der Waals surface area contributed by atoms with Crippen LogP contribution in [-0.4, -0.2) is 30.4 Å². The van der Waals surface area contributed by atoms with Gasteiger partial charge in [0.15, 0.2) is 0 Å². The summed E-state index contributed by atoms with van der Waals surface area (Å²) in [6.07, 6.45) is 3.37. The number of halogens is 1. The van der Waals surface area contributed by atoms with E-state index in [-0.39, 0.29) is 11.1 Å². The molecule has 1 aliphatic heterocycles. The van der Waals surface area contributed by atoms with Crippen molar-refractivity contribution >= 4 is 17.5 Å². The Morgan fingerprint density at radius 1 is 1.56 bits per heavy atom. The second kappa shape index (κ2) is 4.89. The average Bonchev–Trinajstić information content (AvgIpc) is 2.75. The molecule has 0 spiro atoms. The van der Waals surface area contributed by atoms with Crippen molar-refractivity contribution in [1.82, 2.24) is 4.90 Å². The van der Waals surface area contributed by atoms with Crippen molar-refractivity contribution in [3.05, 3.63) is 23.1 Å². The molecule has 88 valence electrons. The van der Waals surface area contributed by atoms with Crippen molar-refractivity contribution in [2.45, 2.75) is 12.8 Å². The van der Waals surface area contributed by atoms with Crippen molar-refractivity contribution in [3.8, 4) is 0 Å². The highest BCUT2D eigenvalue weighted by molar-refractivity contribution is 6.32. The lowest BCUT2D eigenvalue weighted by atomic mass is 9.97. The molecule has 1 aromatic heterocycles. The Morgan fingerprint density at radius 2 is 2.25 bits per heavy atom. The minimum Gasteiger partial charge on any atom is -0.452 e. The summed E-state index contributed by atoms with van der Waals surface area (Å²) < 4.78 is 4.92. The zero-order valence-electron chi connectivity index (χ0n) is 8.99. The zero-order valence-corrected chi connectivity index (χ0v) is 9.74. The Kier molecular flexibility index (Phi) is 3.51. The van der Waals surface area contributed by atoms with E-state index in [1.165, 1.54) is 6.26 Å². The highest BCUT2D eigenvalue weighted by atomic mass is 35.5. The quantitative estimate of drug-likeness (QED) is 0.860. The van der Waals surface area contributed by atoms with Crippen LogP contribution in [-0.2, 0) is 0 Å². The summed E-state index contributed by atoms with van der Waals surface area (Å²) in [7, 11) is 0. The fourth-order valence-corrected chi connectivity index (χ4v) is 2.18. The molecule has 0 radical (unpaired) electrons. The number of amides is 1. The van der Waals surface area contributed by atoms with Gasteiger partial charge in [-0.3, -0.25) is 4.79 Å². The van der Waals surface area contributed by atoms with Gasteiger partial charge in [-0.15, -0.1) is 0 Å². The fraction of sp³-hybridized carbons (Fsp3) is 0.545. The third kappa shape index (κ3) is 2.23. The van der Waals surface area contributed by atoms with E-state index < -0.39 is 0 Å². The molecule has 4 nitrogen and oxygen atoms in total. The number of hydrogen-bond acceptors (Lipinski definition) is 3. The van der Waals surface area contributed by atoms with Crippen LogP contribution in [0.3, 0.4) is 0 Å². The van der Waals surface area contributed by atoms with Crippen LogP contribution < -0.4 is 5.73 Å². The van der Waals surface area contributed by atoms with Gasteiger partial charge >= 0.3 is 0 Å². The SMILES string of the molecule is NCC1CCN(C(=O)c2ccoc2Cl)CC1. The molecular weight excluding hydrogens is 228 g/mol. The van der Waals surface area contributed by atoms with E-state index in [1.807, 2.05) is 4.90 Å². The maximum atomic E-state index is 12.0. The summed E-state index contributed by atoms with van der Waals surface area (Å²) in [6.45, 7) is 2.21. The molecule has 1 amide bonds. The van der Waals surface area contributed by atoms with Gasteiger partial charge in [-0.1, -0.05) is 0 Å². The molecule has 5 heteroatoms. The summed E-state index contributed by atoms with van der Waals surface area (Å²) in [6, 6.07) is 1.61. The van der Waals surface area contributed by atoms with Crippen LogP contribution in [0, 0.1) is 5.92 Å². The fourth-order valence-electron chi connectivity index (χ4n) is 1.99. The Morgan fingerprint density at radius 3 is 2.75 bits per heavy atom. The lowest BCUT2D eigenvalue weighted by Crippen LogP contribution is -2.40. The van der Waals surface area contributed by atoms with E-state index >= 15 is 0 Å². The number of nitrogens with zero attached hydrogens (tertiary/aromatic N) is 1. The largest absolute Gasteiger partial charge is 0.452 e. The smallest absolute Gasteiger partial charge is 0.258 e. The lowest BCUT2D eigenvalue weighted by Gasteiger charge is -2.31. The van der Waals surface area contributed by atoms with Gasteiger partial charge in [-0.05, 0) is 43.0 Å². The summed E-state index contributed by atoms with van der Waals surface area (Å²) in [5, 5.41) is 0.172. The van der Waals surface area contributed by atoms with Gasteiger partial charge in [0.2, 0.25) is 5.22 Å². The Labute approximate surface area is 99.3 Å². The van der Waals surface area contributed by atoms with Gasteiger partial charge in [0, 0.05) is 13.1 Å². The van der Waals surface area contributed by atoms with Crippen LogP contribution in [0.1, 0.15) is 23.2 Å². The number of furan rings is 1. The molecule has 2 N–H and O–H groups in total. The Bertz CT molecular complexity index is 370. The molecule has 1 saturated heterocycles. The van der Waals surface area contributed by atoms with Crippen LogP contribution in [0.5, 0.6) is 0 Å². The maximum absolute atomic E-state index is 12.0. The van der Waals surface area contributed by atoms with Crippen molar-refractivity contribution in [2.24, 2.45) is 11.7 Å². The number of carbonyl (C=O) groups is 1. The molecule has 0 bridgehead atoms. The van der Waals surface area contributed by atoms with Crippen LogP contribution >= 0.6 is 11.6 Å². The average molecular weight is 243 g/mol. The van der Waals surface area contributed by atoms with Crippen molar-refractivity contribution in [1.29, 1.82) is 0 Å². The minimum absolute atomic E-state index is 0.0470. The number of hydrogen-bond donors (Lipinski definition) is 1. The molecule has 2 heterocycles. The number of likely N-dealkylation sites (tertiary alicyclic amines) is 1.